The smallest absolute Gasteiger partial charge is 0.256 e. The average molecular weight is 274 g/mol. The molecule has 2 heterocycles. The van der Waals surface area contributed by atoms with Crippen LogP contribution in [-0.2, 0) is 0 Å². The second-order valence-electron chi connectivity index (χ2n) is 6.73. The van der Waals surface area contributed by atoms with Crippen molar-refractivity contribution in [3.63, 3.8) is 0 Å². The van der Waals surface area contributed by atoms with Crippen LogP contribution < -0.4 is 0 Å². The number of aromatic nitrogens is 1. The Bertz CT molecular complexity index is 517. The topological polar surface area (TPSA) is 25.2 Å². The van der Waals surface area contributed by atoms with Crippen molar-refractivity contribution < 1.29 is 4.79 Å². The maximum absolute atomic E-state index is 13.0. The predicted molar refractivity (Wildman–Crippen MR) is 81.1 cm³/mol. The molecule has 3 rings (SSSR count). The first-order valence-corrected chi connectivity index (χ1v) is 8.01. The lowest BCUT2D eigenvalue weighted by Crippen LogP contribution is -2.47. The number of hydrogen-bond donors (Lipinski definition) is 0. The SMILES string of the molecule is Cc1cc(C(=O)N2C(C)CCCC2C)c(C)n1C1CC1. The largest absolute Gasteiger partial charge is 0.345 e. The third-order valence-corrected chi connectivity index (χ3v) is 5.05. The fraction of sp³-hybridized carbons (Fsp3) is 0.706. The van der Waals surface area contributed by atoms with Crippen LogP contribution >= 0.6 is 0 Å². The molecule has 20 heavy (non-hydrogen) atoms. The Balaban J connectivity index is 1.92. The zero-order chi connectivity index (χ0) is 14.4. The van der Waals surface area contributed by atoms with Gasteiger partial charge in [0.2, 0.25) is 0 Å². The third kappa shape index (κ3) is 2.17. The molecule has 3 nitrogen and oxygen atoms in total. The maximum Gasteiger partial charge on any atom is 0.256 e. The first-order chi connectivity index (χ1) is 9.50. The Hall–Kier alpha value is -1.25. The quantitative estimate of drug-likeness (QED) is 0.804. The molecule has 0 radical (unpaired) electrons. The van der Waals surface area contributed by atoms with Gasteiger partial charge in [-0.2, -0.15) is 0 Å². The van der Waals surface area contributed by atoms with Crippen molar-refractivity contribution in [2.45, 2.75) is 77.9 Å². The van der Waals surface area contributed by atoms with Crippen molar-refractivity contribution in [3.8, 4) is 0 Å². The number of likely N-dealkylation sites (tertiary alicyclic amines) is 1. The van der Waals surface area contributed by atoms with E-state index in [-0.39, 0.29) is 5.91 Å². The Kier molecular flexibility index (Phi) is 3.39. The summed E-state index contributed by atoms with van der Waals surface area (Å²) < 4.78 is 2.37. The number of carbonyl (C=O) groups is 1. The molecule has 1 aliphatic carbocycles. The van der Waals surface area contributed by atoms with Gasteiger partial charge >= 0.3 is 0 Å². The van der Waals surface area contributed by atoms with Crippen LogP contribution in [0.3, 0.4) is 0 Å². The van der Waals surface area contributed by atoms with Gasteiger partial charge in [0.15, 0.2) is 0 Å². The molecule has 0 bridgehead atoms. The molecule has 1 aromatic heterocycles. The maximum atomic E-state index is 13.0. The van der Waals surface area contributed by atoms with Gasteiger partial charge in [0.05, 0.1) is 5.56 Å². The minimum Gasteiger partial charge on any atom is -0.345 e. The van der Waals surface area contributed by atoms with E-state index < -0.39 is 0 Å². The molecular formula is C17H26N2O. The fourth-order valence-electron chi connectivity index (χ4n) is 3.85. The molecule has 1 aromatic rings. The van der Waals surface area contributed by atoms with Crippen LogP contribution in [0.2, 0.25) is 0 Å². The van der Waals surface area contributed by atoms with Crippen LogP contribution in [0.25, 0.3) is 0 Å². The van der Waals surface area contributed by atoms with E-state index in [1.54, 1.807) is 0 Å². The van der Waals surface area contributed by atoms with E-state index in [0.29, 0.717) is 18.1 Å². The van der Waals surface area contributed by atoms with Gasteiger partial charge in [0.1, 0.15) is 0 Å². The minimum atomic E-state index is 0.240. The van der Waals surface area contributed by atoms with E-state index in [1.807, 2.05) is 0 Å². The molecule has 0 N–H and O–H groups in total. The molecule has 1 aliphatic heterocycles. The van der Waals surface area contributed by atoms with Crippen LogP contribution in [0.4, 0.5) is 0 Å². The van der Waals surface area contributed by atoms with E-state index >= 15 is 0 Å². The predicted octanol–water partition coefficient (Wildman–Crippen LogP) is 3.84. The van der Waals surface area contributed by atoms with Crippen molar-refractivity contribution in [1.82, 2.24) is 9.47 Å². The second-order valence-corrected chi connectivity index (χ2v) is 6.73. The zero-order valence-corrected chi connectivity index (χ0v) is 13.1. The number of hydrogen-bond acceptors (Lipinski definition) is 1. The molecule has 1 amide bonds. The molecule has 0 aromatic carbocycles. The van der Waals surface area contributed by atoms with Crippen LogP contribution in [0.15, 0.2) is 6.07 Å². The summed E-state index contributed by atoms with van der Waals surface area (Å²) in [6, 6.07) is 3.49. The Morgan fingerprint density at radius 3 is 2.25 bits per heavy atom. The van der Waals surface area contributed by atoms with Crippen LogP contribution in [-0.4, -0.2) is 27.5 Å². The van der Waals surface area contributed by atoms with Gasteiger partial charge in [-0.15, -0.1) is 0 Å². The van der Waals surface area contributed by atoms with Crippen molar-refractivity contribution >= 4 is 5.91 Å². The van der Waals surface area contributed by atoms with Gasteiger partial charge in [-0.3, -0.25) is 4.79 Å². The molecule has 2 fully saturated rings. The molecule has 2 aliphatic rings. The van der Waals surface area contributed by atoms with Crippen molar-refractivity contribution in [2.24, 2.45) is 0 Å². The standard InChI is InChI=1S/C17H26N2O/c1-11-6-5-7-12(2)18(11)17(20)16-10-13(3)19(14(16)4)15-8-9-15/h10-12,15H,5-9H2,1-4H3. The van der Waals surface area contributed by atoms with Gasteiger partial charge in [0.25, 0.3) is 5.91 Å². The lowest BCUT2D eigenvalue weighted by molar-refractivity contribution is 0.0510. The van der Waals surface area contributed by atoms with E-state index in [2.05, 4.69) is 43.2 Å². The number of carbonyl (C=O) groups excluding carboxylic acids is 1. The molecule has 0 spiro atoms. The van der Waals surface area contributed by atoms with Crippen LogP contribution in [0.1, 0.15) is 73.7 Å². The lowest BCUT2D eigenvalue weighted by Gasteiger charge is -2.39. The normalized spacial score (nSPS) is 26.9. The molecule has 1 saturated carbocycles. The monoisotopic (exact) mass is 274 g/mol. The van der Waals surface area contributed by atoms with Crippen molar-refractivity contribution in [1.29, 1.82) is 0 Å². The summed E-state index contributed by atoms with van der Waals surface area (Å²) in [4.78, 5) is 15.1. The molecule has 2 atom stereocenters. The first-order valence-electron chi connectivity index (χ1n) is 8.01. The number of amides is 1. The van der Waals surface area contributed by atoms with E-state index in [9.17, 15) is 4.79 Å². The first kappa shape index (κ1) is 13.7. The second kappa shape index (κ2) is 4.94. The molecule has 3 heteroatoms. The zero-order valence-electron chi connectivity index (χ0n) is 13.1. The summed E-state index contributed by atoms with van der Waals surface area (Å²) in [6.45, 7) is 8.62. The lowest BCUT2D eigenvalue weighted by atomic mass is 9.96. The van der Waals surface area contributed by atoms with Gasteiger partial charge in [0, 0.05) is 29.5 Å². The average Bonchev–Trinajstić information content (AvgIpc) is 3.16. The van der Waals surface area contributed by atoms with E-state index in [4.69, 9.17) is 0 Å². The Morgan fingerprint density at radius 1 is 1.10 bits per heavy atom. The summed E-state index contributed by atoms with van der Waals surface area (Å²) in [6.07, 6.45) is 6.04. The van der Waals surface area contributed by atoms with Crippen molar-refractivity contribution in [2.75, 3.05) is 0 Å². The summed E-state index contributed by atoms with van der Waals surface area (Å²) in [5, 5.41) is 0. The number of nitrogens with zero attached hydrogens (tertiary/aromatic N) is 2. The summed E-state index contributed by atoms with van der Waals surface area (Å²) in [7, 11) is 0. The molecule has 1 saturated heterocycles. The molecule has 110 valence electrons. The molecule has 2 unspecified atom stereocenters. The minimum absolute atomic E-state index is 0.240. The van der Waals surface area contributed by atoms with Crippen molar-refractivity contribution in [3.05, 3.63) is 23.0 Å². The molecular weight excluding hydrogens is 248 g/mol. The van der Waals surface area contributed by atoms with Gasteiger partial charge < -0.3 is 9.47 Å². The highest BCUT2D eigenvalue weighted by molar-refractivity contribution is 5.96. The number of aryl methyl sites for hydroxylation is 1. The van der Waals surface area contributed by atoms with E-state index in [1.165, 1.54) is 30.7 Å². The Labute approximate surface area is 122 Å². The number of piperidine rings is 1. The van der Waals surface area contributed by atoms with E-state index in [0.717, 1.165) is 18.4 Å². The third-order valence-electron chi connectivity index (χ3n) is 5.05. The number of rotatable bonds is 2. The summed E-state index contributed by atoms with van der Waals surface area (Å²) in [5.74, 6) is 0.240. The fourth-order valence-corrected chi connectivity index (χ4v) is 3.85. The highest BCUT2D eigenvalue weighted by atomic mass is 16.2. The van der Waals surface area contributed by atoms with Gasteiger partial charge in [-0.1, -0.05) is 0 Å². The van der Waals surface area contributed by atoms with Gasteiger partial charge in [-0.25, -0.2) is 0 Å². The highest BCUT2D eigenvalue weighted by Crippen LogP contribution is 2.39. The van der Waals surface area contributed by atoms with Gasteiger partial charge in [-0.05, 0) is 65.9 Å². The summed E-state index contributed by atoms with van der Waals surface area (Å²) in [5.41, 5.74) is 3.33. The Morgan fingerprint density at radius 2 is 1.70 bits per heavy atom. The van der Waals surface area contributed by atoms with Crippen LogP contribution in [0.5, 0.6) is 0 Å². The highest BCUT2D eigenvalue weighted by Gasteiger charge is 2.33. The van der Waals surface area contributed by atoms with Crippen LogP contribution in [0, 0.1) is 13.8 Å². The summed E-state index contributed by atoms with van der Waals surface area (Å²) >= 11 is 0.